The number of hydrogen-bond donors (Lipinski definition) is 0. The first-order valence-electron chi connectivity index (χ1n) is 7.66. The van der Waals surface area contributed by atoms with E-state index in [0.29, 0.717) is 5.01 Å². The first-order valence-corrected chi connectivity index (χ1v) is 9.92. The molecule has 3 aromatic rings. The Kier molecular flexibility index (Phi) is 4.87. The van der Waals surface area contributed by atoms with Gasteiger partial charge in [0.25, 0.3) is 0 Å². The SMILES string of the molecule is CN(C)S(=O)(=O)c1cccc(C(=O)[C@H](C#N)c2nc3ccccc3s2)c1. The number of carbonyl (C=O) groups is 1. The molecule has 0 unspecified atom stereocenters. The number of carbonyl (C=O) groups excluding carboxylic acids is 1. The van der Waals surface area contributed by atoms with E-state index in [4.69, 9.17) is 0 Å². The van der Waals surface area contributed by atoms with Crippen LogP contribution in [0.5, 0.6) is 0 Å². The summed E-state index contributed by atoms with van der Waals surface area (Å²) in [5.41, 5.74) is 0.892. The van der Waals surface area contributed by atoms with Gasteiger partial charge >= 0.3 is 0 Å². The number of thiazole rings is 1. The molecule has 1 heterocycles. The lowest BCUT2D eigenvalue weighted by atomic mass is 9.99. The summed E-state index contributed by atoms with van der Waals surface area (Å²) in [4.78, 5) is 17.2. The topological polar surface area (TPSA) is 91.1 Å². The van der Waals surface area contributed by atoms with Crippen LogP contribution >= 0.6 is 11.3 Å². The van der Waals surface area contributed by atoms with Crippen molar-refractivity contribution in [2.45, 2.75) is 10.8 Å². The van der Waals surface area contributed by atoms with Crippen molar-refractivity contribution in [2.24, 2.45) is 0 Å². The van der Waals surface area contributed by atoms with Crippen LogP contribution in [0.2, 0.25) is 0 Å². The van der Waals surface area contributed by atoms with E-state index >= 15 is 0 Å². The number of ketones is 1. The lowest BCUT2D eigenvalue weighted by Gasteiger charge is -2.12. The maximum atomic E-state index is 12.8. The van der Waals surface area contributed by atoms with E-state index in [1.165, 1.54) is 49.7 Å². The molecule has 6 nitrogen and oxygen atoms in total. The van der Waals surface area contributed by atoms with Crippen LogP contribution in [0.15, 0.2) is 53.4 Å². The Labute approximate surface area is 155 Å². The van der Waals surface area contributed by atoms with Gasteiger partial charge in [0.2, 0.25) is 10.0 Å². The number of fused-ring (bicyclic) bond motifs is 1. The number of rotatable bonds is 5. The van der Waals surface area contributed by atoms with Crippen LogP contribution in [0.3, 0.4) is 0 Å². The van der Waals surface area contributed by atoms with E-state index in [9.17, 15) is 18.5 Å². The summed E-state index contributed by atoms with van der Waals surface area (Å²) in [6.07, 6.45) is 0. The van der Waals surface area contributed by atoms with Crippen molar-refractivity contribution in [3.05, 3.63) is 59.1 Å². The highest BCUT2D eigenvalue weighted by Gasteiger charge is 2.27. The second-order valence-electron chi connectivity index (χ2n) is 5.76. The summed E-state index contributed by atoms with van der Waals surface area (Å²) in [5, 5.41) is 9.93. The van der Waals surface area contributed by atoms with Crippen LogP contribution in [0.1, 0.15) is 21.3 Å². The smallest absolute Gasteiger partial charge is 0.242 e. The average molecular weight is 385 g/mol. The number of para-hydroxylation sites is 1. The molecule has 1 aromatic heterocycles. The summed E-state index contributed by atoms with van der Waals surface area (Å²) in [6.45, 7) is 0. The Bertz CT molecular complexity index is 1090. The highest BCUT2D eigenvalue weighted by Crippen LogP contribution is 2.30. The average Bonchev–Trinajstić information content (AvgIpc) is 3.05. The molecule has 2 aromatic carbocycles. The Morgan fingerprint density at radius 3 is 2.58 bits per heavy atom. The van der Waals surface area contributed by atoms with Gasteiger partial charge in [0.15, 0.2) is 11.7 Å². The van der Waals surface area contributed by atoms with Gasteiger partial charge in [-0.1, -0.05) is 24.3 Å². The van der Waals surface area contributed by atoms with E-state index in [0.717, 1.165) is 14.5 Å². The van der Waals surface area contributed by atoms with Crippen molar-refractivity contribution in [1.29, 1.82) is 5.26 Å². The molecule has 0 saturated heterocycles. The minimum atomic E-state index is -3.67. The van der Waals surface area contributed by atoms with Crippen LogP contribution in [0.25, 0.3) is 10.2 Å². The Balaban J connectivity index is 2.01. The number of nitrogens with zero attached hydrogens (tertiary/aromatic N) is 3. The summed E-state index contributed by atoms with van der Waals surface area (Å²) in [5.74, 6) is -1.55. The molecule has 0 saturated carbocycles. The molecule has 0 fully saturated rings. The monoisotopic (exact) mass is 385 g/mol. The molecule has 1 atom stereocenters. The fourth-order valence-electron chi connectivity index (χ4n) is 2.43. The number of benzene rings is 2. The molecule has 3 rings (SSSR count). The van der Waals surface area contributed by atoms with E-state index < -0.39 is 21.7 Å². The predicted octanol–water partition coefficient (Wildman–Crippen LogP) is 3.04. The van der Waals surface area contributed by atoms with Crippen molar-refractivity contribution in [3.63, 3.8) is 0 Å². The van der Waals surface area contributed by atoms with Crippen molar-refractivity contribution in [1.82, 2.24) is 9.29 Å². The van der Waals surface area contributed by atoms with Gasteiger partial charge in [0, 0.05) is 19.7 Å². The normalized spacial score (nSPS) is 12.8. The number of nitriles is 1. The molecular formula is C18H15N3O3S2. The highest BCUT2D eigenvalue weighted by molar-refractivity contribution is 7.89. The Morgan fingerprint density at radius 1 is 1.19 bits per heavy atom. The first-order chi connectivity index (χ1) is 12.3. The fourth-order valence-corrected chi connectivity index (χ4v) is 4.39. The fraction of sp³-hybridized carbons (Fsp3) is 0.167. The van der Waals surface area contributed by atoms with E-state index in [1.807, 2.05) is 30.3 Å². The van der Waals surface area contributed by atoms with Gasteiger partial charge in [-0.3, -0.25) is 4.79 Å². The summed E-state index contributed by atoms with van der Waals surface area (Å²) in [7, 11) is -0.826. The van der Waals surface area contributed by atoms with Crippen LogP contribution in [0.4, 0.5) is 0 Å². The molecule has 8 heteroatoms. The molecular weight excluding hydrogens is 370 g/mol. The zero-order valence-electron chi connectivity index (χ0n) is 14.1. The van der Waals surface area contributed by atoms with Crippen molar-refractivity contribution in [2.75, 3.05) is 14.1 Å². The van der Waals surface area contributed by atoms with Crippen molar-refractivity contribution < 1.29 is 13.2 Å². The molecule has 0 bridgehead atoms. The van der Waals surface area contributed by atoms with Gasteiger partial charge in [0.1, 0.15) is 5.01 Å². The third-order valence-electron chi connectivity index (χ3n) is 3.85. The van der Waals surface area contributed by atoms with Crippen molar-refractivity contribution >= 4 is 37.4 Å². The standard InChI is InChI=1S/C18H15N3O3S2/c1-21(2)26(23,24)13-7-5-6-12(10-13)17(22)14(11-19)18-20-15-8-3-4-9-16(15)25-18/h3-10,14H,1-2H3/t14-/m0/s1. The molecule has 0 spiro atoms. The molecule has 132 valence electrons. The lowest BCUT2D eigenvalue weighted by Crippen LogP contribution is -2.22. The second kappa shape index (κ2) is 6.96. The summed E-state index contributed by atoms with van der Waals surface area (Å²) < 4.78 is 26.5. The van der Waals surface area contributed by atoms with E-state index in [2.05, 4.69) is 4.98 Å². The summed E-state index contributed by atoms with van der Waals surface area (Å²) >= 11 is 1.29. The maximum Gasteiger partial charge on any atom is 0.242 e. The molecule has 0 aliphatic heterocycles. The van der Waals surface area contributed by atoms with Crippen molar-refractivity contribution in [3.8, 4) is 6.07 Å². The van der Waals surface area contributed by atoms with Gasteiger partial charge < -0.3 is 0 Å². The van der Waals surface area contributed by atoms with E-state index in [-0.39, 0.29) is 10.5 Å². The van der Waals surface area contributed by atoms with Crippen LogP contribution in [-0.2, 0) is 10.0 Å². The molecule has 26 heavy (non-hydrogen) atoms. The zero-order valence-corrected chi connectivity index (χ0v) is 15.7. The van der Waals surface area contributed by atoms with Gasteiger partial charge in [-0.15, -0.1) is 11.3 Å². The van der Waals surface area contributed by atoms with Crippen LogP contribution in [0, 0.1) is 11.3 Å². The molecule has 0 aliphatic carbocycles. The Hall–Kier alpha value is -2.60. The largest absolute Gasteiger partial charge is 0.292 e. The minimum Gasteiger partial charge on any atom is -0.292 e. The quantitative estimate of drug-likeness (QED) is 0.630. The maximum absolute atomic E-state index is 12.8. The zero-order chi connectivity index (χ0) is 18.9. The minimum absolute atomic E-state index is 0.00865. The number of aromatic nitrogens is 1. The van der Waals surface area contributed by atoms with E-state index in [1.54, 1.807) is 0 Å². The van der Waals surface area contributed by atoms with Gasteiger partial charge in [0.05, 0.1) is 21.2 Å². The second-order valence-corrected chi connectivity index (χ2v) is 8.98. The van der Waals surface area contributed by atoms with Gasteiger partial charge in [-0.05, 0) is 24.3 Å². The molecule has 0 N–H and O–H groups in total. The lowest BCUT2D eigenvalue weighted by molar-refractivity contribution is 0.0978. The highest BCUT2D eigenvalue weighted by atomic mass is 32.2. The Morgan fingerprint density at radius 2 is 1.92 bits per heavy atom. The summed E-state index contributed by atoms with van der Waals surface area (Å²) in [6, 6.07) is 15.1. The van der Waals surface area contributed by atoms with Crippen LogP contribution < -0.4 is 0 Å². The molecule has 0 amide bonds. The third-order valence-corrected chi connectivity index (χ3v) is 6.76. The predicted molar refractivity (Wildman–Crippen MR) is 99.6 cm³/mol. The van der Waals surface area contributed by atoms with Crippen LogP contribution in [-0.4, -0.2) is 37.6 Å². The first kappa shape index (κ1) is 18.2. The third kappa shape index (κ3) is 3.24. The number of hydrogen-bond acceptors (Lipinski definition) is 6. The number of sulfonamides is 1. The van der Waals surface area contributed by atoms with Gasteiger partial charge in [-0.2, -0.15) is 5.26 Å². The van der Waals surface area contributed by atoms with Gasteiger partial charge in [-0.25, -0.2) is 17.7 Å². The molecule has 0 radical (unpaired) electrons. The molecule has 0 aliphatic rings. The number of Topliss-reactive ketones (excluding diaryl/α,β-unsaturated/α-hetero) is 1.